The lowest BCUT2D eigenvalue weighted by atomic mass is 10.2. The summed E-state index contributed by atoms with van der Waals surface area (Å²) in [5.41, 5.74) is 2.04. The molecular formula is C14H9ClN2O3. The van der Waals surface area contributed by atoms with Crippen molar-refractivity contribution in [1.82, 2.24) is 4.98 Å². The van der Waals surface area contributed by atoms with Crippen LogP contribution in [0.4, 0.5) is 5.69 Å². The van der Waals surface area contributed by atoms with Crippen LogP contribution in [-0.4, -0.2) is 10.9 Å². The highest BCUT2D eigenvalue weighted by molar-refractivity contribution is 6.30. The van der Waals surface area contributed by atoms with E-state index in [9.17, 15) is 9.59 Å². The molecule has 0 radical (unpaired) electrons. The molecule has 0 aliphatic carbocycles. The predicted octanol–water partition coefficient (Wildman–Crippen LogP) is 3.03. The van der Waals surface area contributed by atoms with Gasteiger partial charge in [0.1, 0.15) is 0 Å². The zero-order valence-electron chi connectivity index (χ0n) is 10.1. The molecule has 1 amide bonds. The molecule has 0 bridgehead atoms. The third-order valence-electron chi connectivity index (χ3n) is 2.78. The number of amides is 1. The first-order chi connectivity index (χ1) is 9.61. The Balaban J connectivity index is 1.86. The summed E-state index contributed by atoms with van der Waals surface area (Å²) in [7, 11) is 0. The normalized spacial score (nSPS) is 10.7. The number of carbonyl (C=O) groups is 1. The molecule has 1 heterocycles. The van der Waals surface area contributed by atoms with Crippen molar-refractivity contribution in [3.05, 3.63) is 63.6 Å². The average Bonchev–Trinajstić information content (AvgIpc) is 2.78. The van der Waals surface area contributed by atoms with E-state index in [1.165, 1.54) is 0 Å². The highest BCUT2D eigenvalue weighted by atomic mass is 35.5. The molecule has 20 heavy (non-hydrogen) atoms. The van der Waals surface area contributed by atoms with Crippen LogP contribution >= 0.6 is 11.6 Å². The lowest BCUT2D eigenvalue weighted by molar-refractivity contribution is 0.102. The summed E-state index contributed by atoms with van der Waals surface area (Å²) in [6, 6.07) is 11.5. The molecule has 0 saturated heterocycles. The van der Waals surface area contributed by atoms with Gasteiger partial charge in [-0.15, -0.1) is 0 Å². The zero-order chi connectivity index (χ0) is 14.1. The summed E-state index contributed by atoms with van der Waals surface area (Å²) in [5, 5.41) is 3.30. The van der Waals surface area contributed by atoms with Gasteiger partial charge in [-0.2, -0.15) is 0 Å². The summed E-state index contributed by atoms with van der Waals surface area (Å²) in [6.45, 7) is 0. The van der Waals surface area contributed by atoms with E-state index in [2.05, 4.69) is 10.3 Å². The summed E-state index contributed by atoms with van der Waals surface area (Å²) < 4.78 is 4.89. The van der Waals surface area contributed by atoms with Gasteiger partial charge in [0.05, 0.1) is 5.52 Å². The van der Waals surface area contributed by atoms with Crippen molar-refractivity contribution in [2.24, 2.45) is 0 Å². The molecule has 0 spiro atoms. The second kappa shape index (κ2) is 4.86. The molecule has 0 aliphatic rings. The van der Waals surface area contributed by atoms with Crippen LogP contribution in [0.1, 0.15) is 10.4 Å². The highest BCUT2D eigenvalue weighted by Crippen LogP contribution is 2.17. The van der Waals surface area contributed by atoms with Crippen LogP contribution in [0.25, 0.3) is 11.1 Å². The number of benzene rings is 2. The quantitative estimate of drug-likeness (QED) is 0.761. The maximum Gasteiger partial charge on any atom is 0.417 e. The number of rotatable bonds is 2. The summed E-state index contributed by atoms with van der Waals surface area (Å²) in [6.07, 6.45) is 0. The van der Waals surface area contributed by atoms with Crippen LogP contribution in [0.3, 0.4) is 0 Å². The van der Waals surface area contributed by atoms with Gasteiger partial charge in [-0.05, 0) is 42.5 Å². The topological polar surface area (TPSA) is 75.1 Å². The maximum absolute atomic E-state index is 12.0. The summed E-state index contributed by atoms with van der Waals surface area (Å²) in [4.78, 5) is 25.6. The number of nitrogens with one attached hydrogen (secondary N) is 2. The number of H-pyrrole nitrogens is 1. The number of anilines is 1. The van der Waals surface area contributed by atoms with Crippen molar-refractivity contribution in [2.45, 2.75) is 0 Å². The smallest absolute Gasteiger partial charge is 0.408 e. The van der Waals surface area contributed by atoms with Crippen molar-refractivity contribution >= 4 is 34.3 Å². The summed E-state index contributed by atoms with van der Waals surface area (Å²) >= 11 is 5.77. The molecule has 2 aromatic carbocycles. The minimum Gasteiger partial charge on any atom is -0.408 e. The van der Waals surface area contributed by atoms with Gasteiger partial charge in [0.2, 0.25) is 0 Å². The minimum atomic E-state index is -0.527. The predicted molar refractivity (Wildman–Crippen MR) is 76.2 cm³/mol. The Morgan fingerprint density at radius 3 is 2.65 bits per heavy atom. The Kier molecular flexibility index (Phi) is 3.04. The molecule has 6 heteroatoms. The van der Waals surface area contributed by atoms with Gasteiger partial charge in [0.15, 0.2) is 5.58 Å². The molecule has 1 aromatic heterocycles. The van der Waals surface area contributed by atoms with Crippen molar-refractivity contribution in [1.29, 1.82) is 0 Å². The Bertz CT molecular complexity index is 833. The third kappa shape index (κ3) is 2.44. The van der Waals surface area contributed by atoms with Crippen molar-refractivity contribution < 1.29 is 9.21 Å². The first-order valence-corrected chi connectivity index (χ1v) is 6.19. The van der Waals surface area contributed by atoms with Gasteiger partial charge >= 0.3 is 5.76 Å². The zero-order valence-corrected chi connectivity index (χ0v) is 10.9. The molecule has 0 aliphatic heterocycles. The first kappa shape index (κ1) is 12.5. The van der Waals surface area contributed by atoms with Gasteiger partial charge in [-0.3, -0.25) is 9.78 Å². The molecule has 0 saturated carbocycles. The largest absolute Gasteiger partial charge is 0.417 e. The third-order valence-corrected chi connectivity index (χ3v) is 3.04. The van der Waals surface area contributed by atoms with E-state index in [-0.39, 0.29) is 5.91 Å². The second-order valence-corrected chi connectivity index (χ2v) is 4.62. The molecular weight excluding hydrogens is 280 g/mol. The maximum atomic E-state index is 12.0. The van der Waals surface area contributed by atoms with Crippen LogP contribution in [0.5, 0.6) is 0 Å². The van der Waals surface area contributed by atoms with Crippen molar-refractivity contribution in [3.8, 4) is 0 Å². The monoisotopic (exact) mass is 288 g/mol. The molecule has 2 N–H and O–H groups in total. The molecule has 100 valence electrons. The van der Waals surface area contributed by atoms with Crippen molar-refractivity contribution in [3.63, 3.8) is 0 Å². The van der Waals surface area contributed by atoms with Gasteiger partial charge in [-0.25, -0.2) is 4.79 Å². The Morgan fingerprint density at radius 2 is 1.90 bits per heavy atom. The molecule has 3 rings (SSSR count). The Hall–Kier alpha value is -2.53. The van der Waals surface area contributed by atoms with E-state index >= 15 is 0 Å². The number of aromatic amines is 1. The fourth-order valence-electron chi connectivity index (χ4n) is 1.83. The molecule has 0 atom stereocenters. The molecule has 3 aromatic rings. The molecule has 0 fully saturated rings. The van der Waals surface area contributed by atoms with Gasteiger partial charge in [0.25, 0.3) is 5.91 Å². The molecule has 0 unspecified atom stereocenters. The number of hydrogen-bond donors (Lipinski definition) is 2. The lowest BCUT2D eigenvalue weighted by Gasteiger charge is -2.05. The van der Waals surface area contributed by atoms with Crippen LogP contribution in [0, 0.1) is 0 Å². The summed E-state index contributed by atoms with van der Waals surface area (Å²) in [5.74, 6) is -0.784. The van der Waals surface area contributed by atoms with E-state index in [1.54, 1.807) is 42.5 Å². The first-order valence-electron chi connectivity index (χ1n) is 5.81. The standard InChI is InChI=1S/C14H9ClN2O3/c15-9-3-1-8(2-4-9)13(18)16-10-5-6-12-11(7-10)17-14(19)20-12/h1-7H,(H,16,18)(H,17,19). The number of aromatic nitrogens is 1. The lowest BCUT2D eigenvalue weighted by Crippen LogP contribution is -2.11. The Morgan fingerprint density at radius 1 is 1.15 bits per heavy atom. The van der Waals surface area contributed by atoms with Crippen molar-refractivity contribution in [2.75, 3.05) is 5.32 Å². The van der Waals surface area contributed by atoms with Crippen LogP contribution in [0.15, 0.2) is 51.7 Å². The number of carbonyl (C=O) groups excluding carboxylic acids is 1. The van der Waals surface area contributed by atoms with Crippen LogP contribution < -0.4 is 11.1 Å². The van der Waals surface area contributed by atoms with E-state index in [4.69, 9.17) is 16.0 Å². The van der Waals surface area contributed by atoms with E-state index in [0.717, 1.165) is 0 Å². The van der Waals surface area contributed by atoms with Gasteiger partial charge in [0, 0.05) is 16.3 Å². The SMILES string of the molecule is O=C(Nc1ccc2oc(=O)[nH]c2c1)c1ccc(Cl)cc1. The van der Waals surface area contributed by atoms with Crippen LogP contribution in [-0.2, 0) is 0 Å². The fraction of sp³-hybridized carbons (Fsp3) is 0. The van der Waals surface area contributed by atoms with E-state index in [0.29, 0.717) is 27.4 Å². The number of hydrogen-bond acceptors (Lipinski definition) is 3. The van der Waals surface area contributed by atoms with Crippen LogP contribution in [0.2, 0.25) is 5.02 Å². The van der Waals surface area contributed by atoms with Gasteiger partial charge in [-0.1, -0.05) is 11.6 Å². The molecule has 5 nitrogen and oxygen atoms in total. The van der Waals surface area contributed by atoms with E-state index in [1.807, 2.05) is 0 Å². The highest BCUT2D eigenvalue weighted by Gasteiger charge is 2.07. The second-order valence-electron chi connectivity index (χ2n) is 4.19. The number of oxazole rings is 1. The Labute approximate surface area is 118 Å². The minimum absolute atomic E-state index is 0.258. The van der Waals surface area contributed by atoms with E-state index < -0.39 is 5.76 Å². The average molecular weight is 289 g/mol. The number of halogens is 1. The fourth-order valence-corrected chi connectivity index (χ4v) is 1.96. The number of fused-ring (bicyclic) bond motifs is 1. The van der Waals surface area contributed by atoms with Gasteiger partial charge < -0.3 is 9.73 Å².